The Morgan fingerprint density at radius 1 is 1.13 bits per heavy atom. The van der Waals surface area contributed by atoms with Crippen LogP contribution in [0.5, 0.6) is 0 Å². The van der Waals surface area contributed by atoms with E-state index in [1.54, 1.807) is 28.6 Å². The molecule has 1 aliphatic heterocycles. The summed E-state index contributed by atoms with van der Waals surface area (Å²) in [6.45, 7) is 7.17. The third kappa shape index (κ3) is 4.24. The van der Waals surface area contributed by atoms with Crippen LogP contribution in [0.1, 0.15) is 51.3 Å². The van der Waals surface area contributed by atoms with E-state index in [2.05, 4.69) is 10.3 Å². The Hall–Kier alpha value is -2.29. The van der Waals surface area contributed by atoms with E-state index in [0.717, 1.165) is 46.3 Å². The number of sulfonamides is 1. The molecular formula is C23H27N3O3S2. The van der Waals surface area contributed by atoms with Gasteiger partial charge in [0.15, 0.2) is 0 Å². The average molecular weight is 458 g/mol. The van der Waals surface area contributed by atoms with E-state index in [9.17, 15) is 13.2 Å². The number of nitrogens with one attached hydrogen (secondary N) is 1. The molecule has 0 bridgehead atoms. The first kappa shape index (κ1) is 21.9. The van der Waals surface area contributed by atoms with Gasteiger partial charge in [0.05, 0.1) is 9.77 Å². The number of piperidine rings is 1. The zero-order chi connectivity index (χ0) is 22.2. The molecular weight excluding hydrogens is 430 g/mol. The second-order valence-corrected chi connectivity index (χ2v) is 11.0. The van der Waals surface area contributed by atoms with Crippen LogP contribution in [0.3, 0.4) is 0 Å². The van der Waals surface area contributed by atoms with Crippen LogP contribution in [0.25, 0.3) is 10.2 Å². The van der Waals surface area contributed by atoms with Crippen molar-refractivity contribution >= 4 is 37.5 Å². The van der Waals surface area contributed by atoms with Crippen molar-refractivity contribution in [2.75, 3.05) is 13.1 Å². The molecule has 6 nitrogen and oxygen atoms in total. The lowest BCUT2D eigenvalue weighted by Crippen LogP contribution is -2.36. The van der Waals surface area contributed by atoms with Crippen LogP contribution in [0.2, 0.25) is 0 Å². The zero-order valence-corrected chi connectivity index (χ0v) is 19.7. The average Bonchev–Trinajstić information content (AvgIpc) is 3.09. The van der Waals surface area contributed by atoms with Gasteiger partial charge in [0, 0.05) is 30.7 Å². The number of aromatic nitrogens is 1. The number of pyridine rings is 1. The maximum Gasteiger partial charge on any atom is 0.261 e. The van der Waals surface area contributed by atoms with Gasteiger partial charge >= 0.3 is 0 Å². The number of nitrogens with zero attached hydrogens (tertiary/aromatic N) is 2. The minimum atomic E-state index is -3.57. The summed E-state index contributed by atoms with van der Waals surface area (Å²) in [5.74, 6) is -0.206. The van der Waals surface area contributed by atoms with Gasteiger partial charge in [-0.3, -0.25) is 4.79 Å². The fourth-order valence-electron chi connectivity index (χ4n) is 4.24. The van der Waals surface area contributed by atoms with E-state index in [4.69, 9.17) is 0 Å². The third-order valence-corrected chi connectivity index (χ3v) is 8.96. The van der Waals surface area contributed by atoms with E-state index in [-0.39, 0.29) is 17.3 Å². The first-order chi connectivity index (χ1) is 14.8. The standard InChI is InChI=1S/C23H27N3O3S2/c1-15-13-16(2)25-23-20(15)17(3)21(30-23)22(27)24-14-18-9-5-6-10-19(18)31(28,29)26-11-7-4-8-12-26/h5-6,9-10,13H,4,7-8,11-12,14H2,1-3H3,(H,24,27). The van der Waals surface area contributed by atoms with Gasteiger partial charge in [-0.2, -0.15) is 4.31 Å². The van der Waals surface area contributed by atoms with Crippen molar-refractivity contribution in [1.82, 2.24) is 14.6 Å². The van der Waals surface area contributed by atoms with Crippen molar-refractivity contribution in [2.45, 2.75) is 51.5 Å². The fourth-order valence-corrected chi connectivity index (χ4v) is 7.20. The summed E-state index contributed by atoms with van der Waals surface area (Å²) in [6.07, 6.45) is 2.83. The van der Waals surface area contributed by atoms with Gasteiger partial charge in [0.25, 0.3) is 5.91 Å². The Bertz CT molecular complexity index is 1240. The molecule has 1 fully saturated rings. The third-order valence-electron chi connectivity index (χ3n) is 5.78. The molecule has 0 aliphatic carbocycles. The highest BCUT2D eigenvalue weighted by Crippen LogP contribution is 2.32. The topological polar surface area (TPSA) is 79.4 Å². The Labute approximate surface area is 187 Å². The SMILES string of the molecule is Cc1cc(C)c2c(C)c(C(=O)NCc3ccccc3S(=O)(=O)N3CCCCC3)sc2n1. The van der Waals surface area contributed by atoms with Crippen molar-refractivity contribution in [3.8, 4) is 0 Å². The van der Waals surface area contributed by atoms with Crippen molar-refractivity contribution in [2.24, 2.45) is 0 Å². The molecule has 3 heterocycles. The number of fused-ring (bicyclic) bond motifs is 1. The summed E-state index contributed by atoms with van der Waals surface area (Å²) in [4.78, 5) is 19.3. The molecule has 1 saturated heterocycles. The van der Waals surface area contributed by atoms with Crippen molar-refractivity contribution < 1.29 is 13.2 Å². The quantitative estimate of drug-likeness (QED) is 0.619. The lowest BCUT2D eigenvalue weighted by atomic mass is 10.1. The number of rotatable bonds is 5. The smallest absolute Gasteiger partial charge is 0.261 e. The Balaban J connectivity index is 1.58. The lowest BCUT2D eigenvalue weighted by Gasteiger charge is -2.26. The summed E-state index contributed by atoms with van der Waals surface area (Å²) in [5, 5.41) is 3.95. The van der Waals surface area contributed by atoms with Gasteiger partial charge in [-0.05, 0) is 62.4 Å². The molecule has 8 heteroatoms. The van der Waals surface area contributed by atoms with E-state index >= 15 is 0 Å². The van der Waals surface area contributed by atoms with Crippen LogP contribution in [0.15, 0.2) is 35.2 Å². The van der Waals surface area contributed by atoms with Gasteiger partial charge in [-0.15, -0.1) is 11.3 Å². The molecule has 4 rings (SSSR count). The van der Waals surface area contributed by atoms with Gasteiger partial charge in [-0.25, -0.2) is 13.4 Å². The molecule has 1 aliphatic rings. The number of hydrogen-bond donors (Lipinski definition) is 1. The van der Waals surface area contributed by atoms with Crippen LogP contribution >= 0.6 is 11.3 Å². The number of carbonyl (C=O) groups excluding carboxylic acids is 1. The zero-order valence-electron chi connectivity index (χ0n) is 18.1. The molecule has 31 heavy (non-hydrogen) atoms. The van der Waals surface area contributed by atoms with Crippen LogP contribution in [-0.4, -0.2) is 36.7 Å². The molecule has 0 spiro atoms. The summed E-state index contributed by atoms with van der Waals surface area (Å²) in [6, 6.07) is 8.95. The highest BCUT2D eigenvalue weighted by atomic mass is 32.2. The number of carbonyl (C=O) groups is 1. The maximum atomic E-state index is 13.2. The normalized spacial score (nSPS) is 15.3. The number of amides is 1. The molecule has 1 aromatic carbocycles. The monoisotopic (exact) mass is 457 g/mol. The van der Waals surface area contributed by atoms with E-state index < -0.39 is 10.0 Å². The predicted molar refractivity (Wildman–Crippen MR) is 124 cm³/mol. The molecule has 164 valence electrons. The molecule has 0 atom stereocenters. The molecule has 1 N–H and O–H groups in total. The van der Waals surface area contributed by atoms with Crippen LogP contribution in [0.4, 0.5) is 0 Å². The second kappa shape index (κ2) is 8.68. The van der Waals surface area contributed by atoms with E-state index in [1.165, 1.54) is 11.3 Å². The maximum absolute atomic E-state index is 13.2. The number of hydrogen-bond acceptors (Lipinski definition) is 5. The number of benzene rings is 1. The summed E-state index contributed by atoms with van der Waals surface area (Å²) >= 11 is 1.38. The number of aryl methyl sites for hydroxylation is 3. The molecule has 0 radical (unpaired) electrons. The van der Waals surface area contributed by atoms with Crippen LogP contribution < -0.4 is 5.32 Å². The largest absolute Gasteiger partial charge is 0.347 e. The van der Waals surface area contributed by atoms with Gasteiger partial charge in [-0.1, -0.05) is 24.6 Å². The minimum Gasteiger partial charge on any atom is -0.347 e. The predicted octanol–water partition coefficient (Wildman–Crippen LogP) is 4.33. The van der Waals surface area contributed by atoms with Crippen molar-refractivity contribution in [3.05, 3.63) is 57.6 Å². The molecule has 0 saturated carbocycles. The number of thiophene rings is 1. The Morgan fingerprint density at radius 3 is 2.58 bits per heavy atom. The molecule has 1 amide bonds. The van der Waals surface area contributed by atoms with Gasteiger partial charge < -0.3 is 5.32 Å². The first-order valence-corrected chi connectivity index (χ1v) is 12.8. The minimum absolute atomic E-state index is 0.154. The summed E-state index contributed by atoms with van der Waals surface area (Å²) in [5.41, 5.74) is 3.55. The van der Waals surface area contributed by atoms with E-state index in [1.807, 2.05) is 26.8 Å². The van der Waals surface area contributed by atoms with Crippen LogP contribution in [0, 0.1) is 20.8 Å². The van der Waals surface area contributed by atoms with Gasteiger partial charge in [0.1, 0.15) is 4.83 Å². The first-order valence-electron chi connectivity index (χ1n) is 10.5. The molecule has 2 aromatic heterocycles. The van der Waals surface area contributed by atoms with E-state index in [0.29, 0.717) is 23.5 Å². The lowest BCUT2D eigenvalue weighted by molar-refractivity contribution is 0.0954. The highest BCUT2D eigenvalue weighted by molar-refractivity contribution is 7.89. The van der Waals surface area contributed by atoms with Crippen LogP contribution in [-0.2, 0) is 16.6 Å². The van der Waals surface area contributed by atoms with Gasteiger partial charge in [0.2, 0.25) is 10.0 Å². The molecule has 0 unspecified atom stereocenters. The Kier molecular flexibility index (Phi) is 6.14. The summed E-state index contributed by atoms with van der Waals surface area (Å²) < 4.78 is 27.9. The second-order valence-electron chi connectivity index (χ2n) is 8.07. The molecule has 3 aromatic rings. The summed E-state index contributed by atoms with van der Waals surface area (Å²) in [7, 11) is -3.57. The van der Waals surface area contributed by atoms with Crippen molar-refractivity contribution in [3.63, 3.8) is 0 Å². The fraction of sp³-hybridized carbons (Fsp3) is 0.391. The Morgan fingerprint density at radius 2 is 1.84 bits per heavy atom. The highest BCUT2D eigenvalue weighted by Gasteiger charge is 2.28. The van der Waals surface area contributed by atoms with Crippen molar-refractivity contribution in [1.29, 1.82) is 0 Å².